The van der Waals surface area contributed by atoms with Gasteiger partial charge in [0, 0.05) is 17.8 Å². The number of urea groups is 1. The van der Waals surface area contributed by atoms with Crippen LogP contribution in [0.2, 0.25) is 0 Å². The second kappa shape index (κ2) is 20.3. The van der Waals surface area contributed by atoms with Crippen LogP contribution in [-0.4, -0.2) is 93.9 Å². The summed E-state index contributed by atoms with van der Waals surface area (Å²) in [5, 5.41) is 48.9. The van der Waals surface area contributed by atoms with Crippen LogP contribution in [0.4, 0.5) is 29.3 Å². The van der Waals surface area contributed by atoms with E-state index in [0.29, 0.717) is 11.4 Å². The molecule has 17 nitrogen and oxygen atoms in total. The van der Waals surface area contributed by atoms with Crippen LogP contribution in [0.15, 0.2) is 24.3 Å². The SMILES string of the molecule is CC(C)C[C@H](NC(=O)[C@H](CO)NC(=O)Nc1ccc(NC(=O)[C@@H]([NH3+])CCC(=O)O)cc1)C(=O)N[C@H](C(=O)O)C(C)C.O=C([O-])C(F)(F)F. The Balaban J connectivity index is 0.00000282. The van der Waals surface area contributed by atoms with Crippen molar-refractivity contribution in [2.24, 2.45) is 11.8 Å². The number of hydrogen-bond donors (Lipinski definition) is 9. The number of quaternary nitrogens is 1. The highest BCUT2D eigenvalue weighted by Gasteiger charge is 2.31. The van der Waals surface area contributed by atoms with E-state index in [1.165, 1.54) is 24.3 Å². The number of amides is 5. The van der Waals surface area contributed by atoms with Crippen LogP contribution in [0.3, 0.4) is 0 Å². The molecule has 20 heteroatoms. The molecule has 0 aromatic heterocycles. The molecule has 0 heterocycles. The molecular formula is C28H41F3N6O11. The van der Waals surface area contributed by atoms with Crippen molar-refractivity contribution >= 4 is 53.0 Å². The van der Waals surface area contributed by atoms with Gasteiger partial charge in [-0.15, -0.1) is 0 Å². The Bertz CT molecular complexity index is 1280. The van der Waals surface area contributed by atoms with Crippen LogP contribution in [-0.2, 0) is 28.8 Å². The number of alkyl halides is 3. The van der Waals surface area contributed by atoms with Crippen molar-refractivity contribution in [2.45, 2.75) is 77.3 Å². The summed E-state index contributed by atoms with van der Waals surface area (Å²) in [6, 6.07) is 0.625. The van der Waals surface area contributed by atoms with E-state index in [2.05, 4.69) is 32.3 Å². The molecule has 0 unspecified atom stereocenters. The lowest BCUT2D eigenvalue weighted by atomic mass is 10.00. The molecule has 0 saturated carbocycles. The Morgan fingerprint density at radius 3 is 1.69 bits per heavy atom. The Morgan fingerprint density at radius 2 is 1.29 bits per heavy atom. The molecule has 0 aliphatic carbocycles. The van der Waals surface area contributed by atoms with Gasteiger partial charge in [-0.3, -0.25) is 19.2 Å². The van der Waals surface area contributed by atoms with E-state index in [4.69, 9.17) is 15.0 Å². The molecule has 0 aliphatic rings. The number of halogens is 3. The summed E-state index contributed by atoms with van der Waals surface area (Å²) in [6.07, 6.45) is -5.13. The summed E-state index contributed by atoms with van der Waals surface area (Å²) in [7, 11) is 0. The van der Waals surface area contributed by atoms with Gasteiger partial charge in [-0.1, -0.05) is 27.7 Å². The first-order valence-corrected chi connectivity index (χ1v) is 14.3. The Morgan fingerprint density at radius 1 is 0.812 bits per heavy atom. The van der Waals surface area contributed by atoms with Crippen LogP contribution in [0.25, 0.3) is 0 Å². The van der Waals surface area contributed by atoms with Gasteiger partial charge in [-0.05, 0) is 42.5 Å². The summed E-state index contributed by atoms with van der Waals surface area (Å²) < 4.78 is 31.5. The number of nitrogens with one attached hydrogen (secondary N) is 5. The monoisotopic (exact) mass is 694 g/mol. The van der Waals surface area contributed by atoms with Crippen molar-refractivity contribution in [1.82, 2.24) is 16.0 Å². The zero-order valence-corrected chi connectivity index (χ0v) is 26.6. The first kappa shape index (κ1) is 43.0. The Hall–Kier alpha value is -4.98. The van der Waals surface area contributed by atoms with Crippen LogP contribution >= 0.6 is 0 Å². The van der Waals surface area contributed by atoms with E-state index in [1.807, 2.05) is 13.8 Å². The molecule has 0 fully saturated rings. The van der Waals surface area contributed by atoms with Crippen molar-refractivity contribution in [1.29, 1.82) is 0 Å². The number of carboxylic acid groups (broad SMARTS) is 3. The van der Waals surface area contributed by atoms with Gasteiger partial charge < -0.3 is 57.5 Å². The fourth-order valence-electron chi connectivity index (χ4n) is 3.57. The van der Waals surface area contributed by atoms with E-state index in [-0.39, 0.29) is 25.2 Å². The van der Waals surface area contributed by atoms with Gasteiger partial charge >= 0.3 is 24.1 Å². The number of hydrogen-bond acceptors (Lipinski definition) is 9. The lowest BCUT2D eigenvalue weighted by Crippen LogP contribution is -2.66. The number of carboxylic acids is 3. The van der Waals surface area contributed by atoms with Gasteiger partial charge in [0.2, 0.25) is 11.8 Å². The van der Waals surface area contributed by atoms with Crippen LogP contribution in [0.1, 0.15) is 47.0 Å². The van der Waals surface area contributed by atoms with E-state index < -0.39 is 84.5 Å². The topological polar surface area (TPSA) is 291 Å². The smallest absolute Gasteiger partial charge is 0.430 e. The zero-order chi connectivity index (χ0) is 37.4. The predicted octanol–water partition coefficient (Wildman–Crippen LogP) is -1.36. The number of aliphatic carboxylic acids is 3. The van der Waals surface area contributed by atoms with Crippen molar-refractivity contribution < 1.29 is 72.9 Å². The van der Waals surface area contributed by atoms with Crippen LogP contribution in [0, 0.1) is 11.8 Å². The standard InChI is InChI=1S/C26H40N6O9.C2HF3O2/c1-13(2)11-18(23(37)32-21(14(3)4)25(39)40)30-24(38)19(12-33)31-26(41)29-16-7-5-15(6-8-16)28-22(36)17(27)9-10-20(34)35;3-2(4,5)1(6)7/h5-8,13-14,17-19,21,33H,9-12,27H2,1-4H3,(H,28,36)(H,30,38)(H,32,37)(H,34,35)(H,39,40)(H2,29,31,41);(H,6,7)/t17-,18-,19-,21-;/m0./s1. The maximum atomic E-state index is 12.8. The zero-order valence-electron chi connectivity index (χ0n) is 26.6. The highest BCUT2D eigenvalue weighted by Crippen LogP contribution is 2.14. The fraction of sp³-hybridized carbons (Fsp3) is 0.536. The lowest BCUT2D eigenvalue weighted by molar-refractivity contribution is -0.403. The number of aliphatic hydroxyl groups is 1. The summed E-state index contributed by atoms with van der Waals surface area (Å²) in [6.45, 7) is 6.11. The van der Waals surface area contributed by atoms with Gasteiger partial charge in [0.1, 0.15) is 24.1 Å². The molecule has 1 aromatic rings. The molecule has 0 bridgehead atoms. The molecule has 11 N–H and O–H groups in total. The van der Waals surface area contributed by atoms with E-state index in [1.54, 1.807) is 13.8 Å². The molecule has 4 atom stereocenters. The third kappa shape index (κ3) is 17.1. The third-order valence-electron chi connectivity index (χ3n) is 6.09. The number of rotatable bonds is 16. The van der Waals surface area contributed by atoms with Gasteiger partial charge in [-0.25, -0.2) is 9.59 Å². The molecule has 270 valence electrons. The van der Waals surface area contributed by atoms with Gasteiger partial charge in [-0.2, -0.15) is 13.2 Å². The third-order valence-corrected chi connectivity index (χ3v) is 6.09. The Labute approximate surface area is 272 Å². The van der Waals surface area contributed by atoms with Crippen molar-refractivity contribution in [2.75, 3.05) is 17.2 Å². The van der Waals surface area contributed by atoms with E-state index >= 15 is 0 Å². The normalized spacial score (nSPS) is 13.5. The average molecular weight is 695 g/mol. The van der Waals surface area contributed by atoms with Crippen molar-refractivity contribution in [3.63, 3.8) is 0 Å². The highest BCUT2D eigenvalue weighted by molar-refractivity contribution is 5.97. The average Bonchev–Trinajstić information content (AvgIpc) is 2.96. The number of benzene rings is 1. The van der Waals surface area contributed by atoms with E-state index in [0.717, 1.165) is 0 Å². The summed E-state index contributed by atoms with van der Waals surface area (Å²) in [4.78, 5) is 81.1. The van der Waals surface area contributed by atoms with Crippen molar-refractivity contribution in [3.8, 4) is 0 Å². The number of anilines is 2. The largest absolute Gasteiger partial charge is 0.542 e. The molecule has 0 saturated heterocycles. The molecule has 1 rings (SSSR count). The second-order valence-corrected chi connectivity index (χ2v) is 11.1. The maximum Gasteiger partial charge on any atom is 0.430 e. The van der Waals surface area contributed by atoms with Crippen LogP contribution in [0.5, 0.6) is 0 Å². The molecule has 5 amide bonds. The maximum absolute atomic E-state index is 12.8. The molecule has 48 heavy (non-hydrogen) atoms. The number of carbonyl (C=O) groups excluding carboxylic acids is 5. The minimum absolute atomic E-state index is 0.0471. The molecule has 0 spiro atoms. The fourth-order valence-corrected chi connectivity index (χ4v) is 3.57. The van der Waals surface area contributed by atoms with E-state index in [9.17, 15) is 52.2 Å². The predicted molar refractivity (Wildman–Crippen MR) is 158 cm³/mol. The summed E-state index contributed by atoms with van der Waals surface area (Å²) in [5.74, 6) is -7.71. The summed E-state index contributed by atoms with van der Waals surface area (Å²) in [5.41, 5.74) is 4.32. The lowest BCUT2D eigenvalue weighted by Gasteiger charge is -2.26. The first-order valence-electron chi connectivity index (χ1n) is 14.3. The second-order valence-electron chi connectivity index (χ2n) is 11.1. The quantitative estimate of drug-likeness (QED) is 0.0973. The Kier molecular flexibility index (Phi) is 18.2. The minimum Gasteiger partial charge on any atom is -0.542 e. The summed E-state index contributed by atoms with van der Waals surface area (Å²) >= 11 is 0. The molecule has 1 aromatic carbocycles. The molecule has 0 radical (unpaired) electrons. The number of aliphatic hydroxyl groups excluding tert-OH is 1. The van der Waals surface area contributed by atoms with Crippen LogP contribution < -0.4 is 37.4 Å². The first-order chi connectivity index (χ1) is 22.1. The highest BCUT2D eigenvalue weighted by atomic mass is 19.4. The van der Waals surface area contributed by atoms with Gasteiger partial charge in [0.15, 0.2) is 6.04 Å². The van der Waals surface area contributed by atoms with Crippen molar-refractivity contribution in [3.05, 3.63) is 24.3 Å². The van der Waals surface area contributed by atoms with Gasteiger partial charge in [0.25, 0.3) is 5.91 Å². The minimum atomic E-state index is -5.19. The number of carbonyl (C=O) groups is 7. The molecule has 0 aliphatic heterocycles. The van der Waals surface area contributed by atoms with Gasteiger partial charge in [0.05, 0.1) is 13.0 Å². The molecular weight excluding hydrogens is 653 g/mol.